The van der Waals surface area contributed by atoms with Crippen molar-refractivity contribution in [3.63, 3.8) is 0 Å². The average Bonchev–Trinajstić information content (AvgIpc) is 3.92. The number of nitriles is 1. The van der Waals surface area contributed by atoms with Crippen molar-refractivity contribution in [3.05, 3.63) is 140 Å². The van der Waals surface area contributed by atoms with Crippen LogP contribution in [0.15, 0.2) is 85.2 Å². The lowest BCUT2D eigenvalue weighted by molar-refractivity contribution is -0.124. The minimum absolute atomic E-state index is 0. The quantitative estimate of drug-likeness (QED) is 0.106. The number of H-pyrrole nitrogens is 1. The van der Waals surface area contributed by atoms with Crippen LogP contribution in [0.5, 0.6) is 0 Å². The number of aromatic nitrogens is 2. The third kappa shape index (κ3) is 10.8. The Hall–Kier alpha value is -6.89. The first-order valence-electron chi connectivity index (χ1n) is 22.1. The Morgan fingerprint density at radius 3 is 1.51 bits per heavy atom. The van der Waals surface area contributed by atoms with Crippen molar-refractivity contribution in [1.82, 2.24) is 29.2 Å². The van der Waals surface area contributed by atoms with Crippen LogP contribution in [-0.4, -0.2) is 119 Å². The number of fused-ring (bicyclic) bond motifs is 2. The summed E-state index contributed by atoms with van der Waals surface area (Å²) in [6, 6.07) is 19.2. The third-order valence-corrected chi connectivity index (χ3v) is 13.2. The summed E-state index contributed by atoms with van der Waals surface area (Å²) in [6.45, 7) is 2.28. The number of halogens is 4. The van der Waals surface area contributed by atoms with E-state index in [1.807, 2.05) is 6.19 Å². The predicted molar refractivity (Wildman–Crippen MR) is 257 cm³/mol. The van der Waals surface area contributed by atoms with Crippen molar-refractivity contribution in [1.29, 1.82) is 5.26 Å². The number of hydrogen-bond acceptors (Lipinski definition) is 7. The van der Waals surface area contributed by atoms with E-state index in [-0.39, 0.29) is 46.6 Å². The number of nitrogens with zero attached hydrogens (tertiary/aromatic N) is 6. The lowest BCUT2D eigenvalue weighted by Crippen LogP contribution is -2.39. The number of Topliss-reactive ketones (excluding diaryl/α,β-unsaturated/α-hetero) is 2. The van der Waals surface area contributed by atoms with Crippen molar-refractivity contribution < 1.29 is 39.0 Å². The van der Waals surface area contributed by atoms with Gasteiger partial charge in [-0.3, -0.25) is 33.3 Å². The lowest BCUT2D eigenvalue weighted by atomic mass is 9.90. The first-order valence-corrected chi connectivity index (χ1v) is 22.8. The highest BCUT2D eigenvalue weighted by atomic mass is 35.5. The molecule has 0 unspecified atom stereocenters. The van der Waals surface area contributed by atoms with Crippen LogP contribution < -0.4 is 0 Å². The van der Waals surface area contributed by atoms with Crippen LogP contribution >= 0.6 is 23.2 Å². The molecule has 2 aliphatic rings. The molecule has 4 aromatic carbocycles. The fraction of sp³-hybridized carbons (Fsp3) is 0.314. The molecule has 0 bridgehead atoms. The number of likely N-dealkylation sites (tertiary alicyclic amines) is 2. The molecule has 2 saturated heterocycles. The van der Waals surface area contributed by atoms with Crippen molar-refractivity contribution >= 4 is 80.2 Å². The predicted octanol–water partition coefficient (Wildman–Crippen LogP) is 8.70. The molecular formula is C51H51Cl2F2N7O6. The Kier molecular flexibility index (Phi) is 15.1. The number of rotatable bonds is 10. The molecule has 0 radical (unpaired) electrons. The molecule has 6 aromatic rings. The summed E-state index contributed by atoms with van der Waals surface area (Å²) in [5.74, 6) is -2.94. The molecule has 1 N–H and O–H groups in total. The summed E-state index contributed by atoms with van der Waals surface area (Å²) in [5, 5.41) is 10.7. The molecule has 4 heterocycles. The van der Waals surface area contributed by atoms with E-state index in [1.165, 1.54) is 81.9 Å². The van der Waals surface area contributed by atoms with E-state index >= 15 is 0 Å². The normalized spacial score (nSPS) is 14.3. The summed E-state index contributed by atoms with van der Waals surface area (Å²) >= 11 is 12.8. The van der Waals surface area contributed by atoms with Crippen LogP contribution in [0.4, 0.5) is 8.78 Å². The van der Waals surface area contributed by atoms with Crippen molar-refractivity contribution in [2.24, 2.45) is 11.8 Å². The van der Waals surface area contributed by atoms with Gasteiger partial charge >= 0.3 is 0 Å². The number of carbonyl (C=O) groups is 6. The van der Waals surface area contributed by atoms with Gasteiger partial charge in [0.2, 0.25) is 0 Å². The number of likely N-dealkylation sites (N-methyl/N-ethyl adjacent to an activating group) is 2. The lowest BCUT2D eigenvalue weighted by Gasteiger charge is -2.32. The van der Waals surface area contributed by atoms with Crippen molar-refractivity contribution in [2.45, 2.75) is 38.5 Å². The number of benzene rings is 4. The maximum atomic E-state index is 13.3. The van der Waals surface area contributed by atoms with Gasteiger partial charge in [-0.05, 0) is 110 Å². The minimum Gasteiger partial charge on any atom is -0.360 e. The van der Waals surface area contributed by atoms with Crippen LogP contribution in [0.25, 0.3) is 21.8 Å². The molecule has 0 saturated carbocycles. The summed E-state index contributed by atoms with van der Waals surface area (Å²) in [5.41, 5.74) is 3.89. The Bertz CT molecular complexity index is 2970. The largest absolute Gasteiger partial charge is 0.360 e. The molecule has 13 nitrogen and oxygen atoms in total. The highest BCUT2D eigenvalue weighted by Gasteiger charge is 2.30. The van der Waals surface area contributed by atoms with E-state index < -0.39 is 23.4 Å². The molecular weight excluding hydrogens is 916 g/mol. The van der Waals surface area contributed by atoms with Crippen LogP contribution in [0.1, 0.15) is 79.7 Å². The SMILES string of the molecule is CN(C)C(=O)C(=O)c1c[nH]c2cc(Cl)c(C(=O)N3CCC(Cc4ccc(F)cc4)CC3)cc12.CN(C)C(=O)C(=O)c1cn(C#N)c2cc(Cl)c(C(=O)N3CCC(Cc4ccc(F)cc4)CC3)cc12.[HH]. The van der Waals surface area contributed by atoms with Crippen LogP contribution in [-0.2, 0) is 22.4 Å². The molecule has 2 fully saturated rings. The highest BCUT2D eigenvalue weighted by molar-refractivity contribution is 6.46. The zero-order valence-electron chi connectivity index (χ0n) is 38.0. The fourth-order valence-electron chi connectivity index (χ4n) is 8.73. The Labute approximate surface area is 403 Å². The van der Waals surface area contributed by atoms with Crippen molar-refractivity contribution in [2.75, 3.05) is 54.4 Å². The fourth-order valence-corrected chi connectivity index (χ4v) is 9.22. The minimum atomic E-state index is -0.767. The highest BCUT2D eigenvalue weighted by Crippen LogP contribution is 2.33. The number of aromatic amines is 1. The molecule has 0 spiro atoms. The third-order valence-electron chi connectivity index (χ3n) is 12.6. The number of hydrogen-bond donors (Lipinski definition) is 1. The average molecular weight is 967 g/mol. The maximum Gasteiger partial charge on any atom is 0.294 e. The molecule has 0 atom stereocenters. The van der Waals surface area contributed by atoms with Gasteiger partial charge in [0.25, 0.3) is 35.2 Å². The van der Waals surface area contributed by atoms with Gasteiger partial charge < -0.3 is 24.6 Å². The maximum absolute atomic E-state index is 13.3. The molecule has 2 aromatic heterocycles. The van der Waals surface area contributed by atoms with Gasteiger partial charge in [-0.15, -0.1) is 0 Å². The van der Waals surface area contributed by atoms with E-state index in [2.05, 4.69) is 4.98 Å². The Morgan fingerprint density at radius 1 is 0.647 bits per heavy atom. The van der Waals surface area contributed by atoms with Crippen LogP contribution in [0.3, 0.4) is 0 Å². The molecule has 68 heavy (non-hydrogen) atoms. The van der Waals surface area contributed by atoms with Gasteiger partial charge in [0, 0.05) is 84.5 Å². The molecule has 354 valence electrons. The van der Waals surface area contributed by atoms with Gasteiger partial charge in [-0.1, -0.05) is 47.5 Å². The summed E-state index contributed by atoms with van der Waals surface area (Å²) in [6.07, 6.45) is 9.67. The zero-order chi connectivity index (χ0) is 49.0. The smallest absolute Gasteiger partial charge is 0.294 e. The number of piperidine rings is 2. The second-order valence-electron chi connectivity index (χ2n) is 17.6. The summed E-state index contributed by atoms with van der Waals surface area (Å²) in [4.78, 5) is 85.1. The van der Waals surface area contributed by atoms with Gasteiger partial charge in [-0.25, -0.2) is 8.78 Å². The zero-order valence-corrected chi connectivity index (χ0v) is 39.5. The standard InChI is InChI=1S/C26H24ClFN4O3.C25H25ClFN3O3.H2/c1-30(2)26(35)24(33)21-14-32(15-29)23-13-22(27)20(12-19(21)23)25(34)31-9-7-17(8-10-31)11-16-3-5-18(28)6-4-16;1-29(2)25(33)23(31)20-14-28-22-13-21(26)19(12-18(20)22)24(32)30-9-7-16(8-10-30)11-15-3-5-17(27)6-4-15;/h3-6,12-14,17H,7-11H2,1-2H3;3-6,12-14,16,28H,7-11H2,1-2H3;1H. The van der Waals surface area contributed by atoms with E-state index in [4.69, 9.17) is 23.2 Å². The number of amides is 4. The second-order valence-corrected chi connectivity index (χ2v) is 18.4. The second kappa shape index (κ2) is 21.0. The van der Waals surface area contributed by atoms with Gasteiger partial charge in [-0.2, -0.15) is 5.26 Å². The van der Waals surface area contributed by atoms with E-state index in [9.17, 15) is 42.8 Å². The number of carbonyl (C=O) groups excluding carboxylic acids is 6. The van der Waals surface area contributed by atoms with Gasteiger partial charge in [0.15, 0.2) is 6.19 Å². The van der Waals surface area contributed by atoms with E-state index in [0.29, 0.717) is 70.4 Å². The summed E-state index contributed by atoms with van der Waals surface area (Å²) in [7, 11) is 5.96. The van der Waals surface area contributed by atoms with Crippen LogP contribution in [0.2, 0.25) is 10.0 Å². The molecule has 4 amide bonds. The van der Waals surface area contributed by atoms with Gasteiger partial charge in [0.05, 0.1) is 37.8 Å². The first kappa shape index (κ1) is 49.0. The number of nitrogens with one attached hydrogen (secondary N) is 1. The Morgan fingerprint density at radius 2 is 1.07 bits per heavy atom. The first-order chi connectivity index (χ1) is 32.4. The molecule has 2 aliphatic heterocycles. The molecule has 17 heteroatoms. The molecule has 8 rings (SSSR count). The van der Waals surface area contributed by atoms with E-state index in [0.717, 1.165) is 59.1 Å². The topological polar surface area (TPSA) is 160 Å². The Balaban J connectivity index is 0.000000224. The number of ketones is 2. The van der Waals surface area contributed by atoms with Crippen molar-refractivity contribution in [3.8, 4) is 6.19 Å². The van der Waals surface area contributed by atoms with Crippen LogP contribution in [0, 0.1) is 34.9 Å². The molecule has 0 aliphatic carbocycles. The van der Waals surface area contributed by atoms with Gasteiger partial charge in [0.1, 0.15) is 11.6 Å². The summed E-state index contributed by atoms with van der Waals surface area (Å²) < 4.78 is 27.4. The van der Waals surface area contributed by atoms with E-state index in [1.54, 1.807) is 46.2 Å². The monoisotopic (exact) mass is 965 g/mol.